The van der Waals surface area contributed by atoms with Crippen molar-refractivity contribution in [2.75, 3.05) is 0 Å². The normalized spacial score (nSPS) is 19.2. The predicted molar refractivity (Wildman–Crippen MR) is 107 cm³/mol. The Morgan fingerprint density at radius 1 is 0.968 bits per heavy atom. The molecule has 2 aromatic carbocycles. The summed E-state index contributed by atoms with van der Waals surface area (Å²) in [6.45, 7) is 1.95. The van der Waals surface area contributed by atoms with Crippen LogP contribution in [0.4, 0.5) is 22.0 Å². The maximum Gasteiger partial charge on any atom is 0.341 e. The summed E-state index contributed by atoms with van der Waals surface area (Å²) in [6, 6.07) is 2.14. The van der Waals surface area contributed by atoms with Crippen LogP contribution in [0.25, 0.3) is 11.1 Å². The summed E-state index contributed by atoms with van der Waals surface area (Å²) in [5, 5.41) is 9.22. The van der Waals surface area contributed by atoms with Gasteiger partial charge in [0.1, 0.15) is 17.2 Å². The monoisotopic (exact) mass is 438 g/mol. The molecule has 1 aliphatic rings. The third kappa shape index (κ3) is 4.81. The van der Waals surface area contributed by atoms with E-state index in [0.717, 1.165) is 31.7 Å². The number of benzene rings is 2. The van der Waals surface area contributed by atoms with E-state index in [2.05, 4.69) is 6.08 Å². The van der Waals surface area contributed by atoms with Gasteiger partial charge in [-0.15, -0.1) is 0 Å². The van der Waals surface area contributed by atoms with Crippen LogP contribution in [-0.2, 0) is 0 Å². The van der Waals surface area contributed by atoms with Crippen LogP contribution >= 0.6 is 0 Å². The smallest absolute Gasteiger partial charge is 0.341 e. The first-order valence-corrected chi connectivity index (χ1v) is 10.3. The third-order valence-electron chi connectivity index (χ3n) is 6.00. The summed E-state index contributed by atoms with van der Waals surface area (Å²) < 4.78 is 70.7. The van der Waals surface area contributed by atoms with Gasteiger partial charge in [0.25, 0.3) is 0 Å². The van der Waals surface area contributed by atoms with Gasteiger partial charge >= 0.3 is 5.97 Å². The van der Waals surface area contributed by atoms with Crippen molar-refractivity contribution in [2.24, 2.45) is 5.92 Å². The molecule has 7 heteroatoms. The van der Waals surface area contributed by atoms with Crippen LogP contribution in [0.2, 0.25) is 0 Å². The fourth-order valence-corrected chi connectivity index (χ4v) is 4.41. The van der Waals surface area contributed by atoms with Crippen molar-refractivity contribution in [3.05, 3.63) is 70.6 Å². The van der Waals surface area contributed by atoms with Crippen molar-refractivity contribution in [2.45, 2.75) is 51.4 Å². The summed E-state index contributed by atoms with van der Waals surface area (Å²) >= 11 is 0. The number of halogens is 5. The molecule has 31 heavy (non-hydrogen) atoms. The van der Waals surface area contributed by atoms with Crippen molar-refractivity contribution < 1.29 is 31.9 Å². The molecule has 2 nitrogen and oxygen atoms in total. The van der Waals surface area contributed by atoms with Gasteiger partial charge < -0.3 is 5.11 Å². The fourth-order valence-electron chi connectivity index (χ4n) is 4.41. The molecule has 3 rings (SSSR count). The van der Waals surface area contributed by atoms with E-state index in [1.165, 1.54) is 0 Å². The van der Waals surface area contributed by atoms with Crippen molar-refractivity contribution in [3.8, 4) is 11.1 Å². The lowest BCUT2D eigenvalue weighted by atomic mass is 9.75. The lowest BCUT2D eigenvalue weighted by molar-refractivity contribution is 0.0686. The minimum absolute atomic E-state index is 0.150. The second-order valence-corrected chi connectivity index (χ2v) is 7.93. The van der Waals surface area contributed by atoms with Crippen LogP contribution in [0.3, 0.4) is 0 Å². The fraction of sp³-hybridized carbons (Fsp3) is 0.375. The van der Waals surface area contributed by atoms with E-state index < -0.39 is 46.2 Å². The average molecular weight is 438 g/mol. The van der Waals surface area contributed by atoms with Gasteiger partial charge in [-0.2, -0.15) is 0 Å². The van der Waals surface area contributed by atoms with Crippen molar-refractivity contribution in [1.82, 2.24) is 0 Å². The highest BCUT2D eigenvalue weighted by molar-refractivity contribution is 5.91. The second-order valence-electron chi connectivity index (χ2n) is 7.93. The van der Waals surface area contributed by atoms with Gasteiger partial charge in [0.2, 0.25) is 0 Å². The standard InChI is InChI=1S/C24H23F5O2/c1-2-3-4-5-13-6-8-14(9-7-13)16-12-17(25)21(24(30)31)23(29)20(16)15-10-18(26)22(28)19(27)11-15/h2-3,10-14H,4-9H2,1H3,(H,30,31). The molecule has 1 fully saturated rings. The zero-order chi connectivity index (χ0) is 22.7. The SMILES string of the molecule is CC=CCCC1CCC(c2cc(F)c(C(=O)O)c(F)c2-c2cc(F)c(F)c(F)c2)CC1. The van der Waals surface area contributed by atoms with Gasteiger partial charge in [-0.1, -0.05) is 12.2 Å². The molecule has 1 saturated carbocycles. The number of aromatic carboxylic acids is 1. The molecule has 1 aliphatic carbocycles. The zero-order valence-corrected chi connectivity index (χ0v) is 17.0. The van der Waals surface area contributed by atoms with Crippen LogP contribution in [0.1, 0.15) is 67.3 Å². The predicted octanol–water partition coefficient (Wildman–Crippen LogP) is 7.38. The van der Waals surface area contributed by atoms with Gasteiger partial charge in [-0.05, 0) is 86.6 Å². The summed E-state index contributed by atoms with van der Waals surface area (Å²) in [5.74, 6) is -9.12. The Hall–Kier alpha value is -2.70. The molecule has 0 amide bonds. The quantitative estimate of drug-likeness (QED) is 0.290. The van der Waals surface area contributed by atoms with Gasteiger partial charge in [-0.25, -0.2) is 26.7 Å². The minimum Gasteiger partial charge on any atom is -0.477 e. The van der Waals surface area contributed by atoms with Crippen LogP contribution in [-0.4, -0.2) is 11.1 Å². The Morgan fingerprint density at radius 2 is 1.58 bits per heavy atom. The van der Waals surface area contributed by atoms with E-state index in [9.17, 15) is 27.5 Å². The van der Waals surface area contributed by atoms with Crippen molar-refractivity contribution >= 4 is 5.97 Å². The molecule has 0 atom stereocenters. The van der Waals surface area contributed by atoms with Gasteiger partial charge in [-0.3, -0.25) is 0 Å². The van der Waals surface area contributed by atoms with E-state index >= 15 is 4.39 Å². The first-order valence-electron chi connectivity index (χ1n) is 10.3. The molecule has 0 aromatic heterocycles. The van der Waals surface area contributed by atoms with E-state index in [1.807, 2.05) is 13.0 Å². The number of carboxylic acids is 1. The summed E-state index contributed by atoms with van der Waals surface area (Å²) in [5.41, 5.74) is -1.81. The molecule has 0 bridgehead atoms. The Balaban J connectivity index is 2.04. The molecular weight excluding hydrogens is 415 g/mol. The molecule has 2 aromatic rings. The van der Waals surface area contributed by atoms with E-state index in [0.29, 0.717) is 30.9 Å². The molecule has 1 N–H and O–H groups in total. The average Bonchev–Trinajstić information content (AvgIpc) is 2.71. The topological polar surface area (TPSA) is 37.3 Å². The van der Waals surface area contributed by atoms with E-state index in [-0.39, 0.29) is 17.0 Å². The largest absolute Gasteiger partial charge is 0.477 e. The molecule has 0 radical (unpaired) electrons. The Bertz CT molecular complexity index is 985. The first kappa shape index (κ1) is 23.0. The third-order valence-corrected chi connectivity index (χ3v) is 6.00. The number of rotatable bonds is 6. The molecule has 0 heterocycles. The van der Waals surface area contributed by atoms with Crippen LogP contribution in [0.5, 0.6) is 0 Å². The lowest BCUT2D eigenvalue weighted by Crippen LogP contribution is -2.16. The molecule has 0 aliphatic heterocycles. The number of carbonyl (C=O) groups is 1. The highest BCUT2D eigenvalue weighted by atomic mass is 19.2. The number of hydrogen-bond donors (Lipinski definition) is 1. The summed E-state index contributed by atoms with van der Waals surface area (Å²) in [7, 11) is 0. The second kappa shape index (κ2) is 9.62. The Labute approximate surface area is 177 Å². The molecule has 166 valence electrons. The molecule has 0 unspecified atom stereocenters. The van der Waals surface area contributed by atoms with Crippen LogP contribution in [0.15, 0.2) is 30.4 Å². The Kier molecular flexibility index (Phi) is 7.13. The molecular formula is C24H23F5O2. The van der Waals surface area contributed by atoms with Crippen molar-refractivity contribution in [3.63, 3.8) is 0 Å². The summed E-state index contributed by atoms with van der Waals surface area (Å²) in [6.07, 6.45) is 8.84. The van der Waals surface area contributed by atoms with Gasteiger partial charge in [0.15, 0.2) is 17.5 Å². The maximum absolute atomic E-state index is 15.2. The summed E-state index contributed by atoms with van der Waals surface area (Å²) in [4.78, 5) is 11.4. The van der Waals surface area contributed by atoms with Crippen molar-refractivity contribution in [1.29, 1.82) is 0 Å². The number of carboxylic acid groups (broad SMARTS) is 1. The molecule has 0 spiro atoms. The lowest BCUT2D eigenvalue weighted by Gasteiger charge is -2.30. The highest BCUT2D eigenvalue weighted by Crippen LogP contribution is 2.43. The zero-order valence-electron chi connectivity index (χ0n) is 17.0. The number of allylic oxidation sites excluding steroid dienone is 2. The van der Waals surface area contributed by atoms with Crippen LogP contribution < -0.4 is 0 Å². The van der Waals surface area contributed by atoms with Gasteiger partial charge in [0, 0.05) is 5.56 Å². The van der Waals surface area contributed by atoms with E-state index in [1.54, 1.807) is 0 Å². The number of hydrogen-bond acceptors (Lipinski definition) is 1. The van der Waals surface area contributed by atoms with Crippen LogP contribution in [0, 0.1) is 35.0 Å². The maximum atomic E-state index is 15.2. The Morgan fingerprint density at radius 3 is 2.13 bits per heavy atom. The highest BCUT2D eigenvalue weighted by Gasteiger charge is 2.31. The first-order chi connectivity index (χ1) is 14.7. The van der Waals surface area contributed by atoms with Gasteiger partial charge in [0.05, 0.1) is 0 Å². The molecule has 0 saturated heterocycles. The minimum atomic E-state index is -1.83. The van der Waals surface area contributed by atoms with E-state index in [4.69, 9.17) is 0 Å².